The van der Waals surface area contributed by atoms with E-state index in [2.05, 4.69) is 0 Å². The van der Waals surface area contributed by atoms with Gasteiger partial charge < -0.3 is 4.74 Å². The Morgan fingerprint density at radius 3 is 2.21 bits per heavy atom. The third-order valence-electron chi connectivity index (χ3n) is 3.83. The van der Waals surface area contributed by atoms with Crippen LogP contribution in [0.25, 0.3) is 0 Å². The summed E-state index contributed by atoms with van der Waals surface area (Å²) in [5.41, 5.74) is 0.550. The fraction of sp³-hybridized carbons (Fsp3) is 0.333. The maximum absolute atomic E-state index is 12.4. The molecule has 4 heteroatoms. The molecule has 19 heavy (non-hydrogen) atoms. The van der Waals surface area contributed by atoms with Crippen molar-refractivity contribution in [2.45, 2.75) is 12.8 Å². The van der Waals surface area contributed by atoms with Crippen LogP contribution < -0.4 is 9.64 Å². The van der Waals surface area contributed by atoms with Gasteiger partial charge in [-0.25, -0.2) is 4.90 Å². The lowest BCUT2D eigenvalue weighted by atomic mass is 9.85. The molecule has 1 heterocycles. The van der Waals surface area contributed by atoms with Crippen molar-refractivity contribution in [2.24, 2.45) is 11.8 Å². The number of benzene rings is 1. The normalized spacial score (nSPS) is 25.6. The number of nitrogens with zero attached hydrogens (tertiary/aromatic N) is 1. The summed E-state index contributed by atoms with van der Waals surface area (Å²) in [6.45, 7) is 0. The molecule has 4 nitrogen and oxygen atoms in total. The van der Waals surface area contributed by atoms with Crippen LogP contribution in [0.2, 0.25) is 0 Å². The highest BCUT2D eigenvalue weighted by molar-refractivity contribution is 6.22. The number of carbonyl (C=O) groups is 2. The van der Waals surface area contributed by atoms with E-state index >= 15 is 0 Å². The lowest BCUT2D eigenvalue weighted by Crippen LogP contribution is -2.31. The molecule has 1 aliphatic heterocycles. The topological polar surface area (TPSA) is 46.6 Å². The van der Waals surface area contributed by atoms with Crippen molar-refractivity contribution in [3.63, 3.8) is 0 Å². The molecule has 1 saturated heterocycles. The Hall–Kier alpha value is -2.10. The number of amides is 2. The molecule has 0 aromatic heterocycles. The first kappa shape index (κ1) is 12.0. The SMILES string of the molecule is COc1ccccc1N1C(=O)C2CC=CCC2C1=O. The van der Waals surface area contributed by atoms with Gasteiger partial charge in [0, 0.05) is 0 Å². The van der Waals surface area contributed by atoms with E-state index in [0.29, 0.717) is 24.3 Å². The average molecular weight is 257 g/mol. The van der Waals surface area contributed by atoms with Crippen LogP contribution >= 0.6 is 0 Å². The second-order valence-corrected chi connectivity index (χ2v) is 4.84. The number of fused-ring (bicyclic) bond motifs is 1. The number of para-hydroxylation sites is 2. The Bertz CT molecular complexity index is 538. The van der Waals surface area contributed by atoms with Crippen LogP contribution in [0.5, 0.6) is 5.75 Å². The van der Waals surface area contributed by atoms with Crippen molar-refractivity contribution in [2.75, 3.05) is 12.0 Å². The quantitative estimate of drug-likeness (QED) is 0.602. The number of ether oxygens (including phenoxy) is 1. The van der Waals surface area contributed by atoms with Crippen LogP contribution in [0, 0.1) is 11.8 Å². The number of hydrogen-bond acceptors (Lipinski definition) is 3. The van der Waals surface area contributed by atoms with Gasteiger partial charge in [-0.3, -0.25) is 9.59 Å². The van der Waals surface area contributed by atoms with Crippen molar-refractivity contribution in [3.8, 4) is 5.75 Å². The minimum Gasteiger partial charge on any atom is -0.495 e. The number of allylic oxidation sites excluding steroid dienone is 2. The maximum atomic E-state index is 12.4. The van der Waals surface area contributed by atoms with Gasteiger partial charge in [0.1, 0.15) is 5.75 Å². The molecule has 2 aliphatic rings. The van der Waals surface area contributed by atoms with Crippen molar-refractivity contribution in [1.29, 1.82) is 0 Å². The number of rotatable bonds is 2. The summed E-state index contributed by atoms with van der Waals surface area (Å²) in [5.74, 6) is -0.0756. The highest BCUT2D eigenvalue weighted by Gasteiger charge is 2.48. The Morgan fingerprint density at radius 2 is 1.63 bits per heavy atom. The number of hydrogen-bond donors (Lipinski definition) is 0. The molecule has 3 rings (SSSR count). The number of carbonyl (C=O) groups excluding carboxylic acids is 2. The van der Waals surface area contributed by atoms with Crippen LogP contribution in [0.4, 0.5) is 5.69 Å². The Balaban J connectivity index is 2.02. The summed E-state index contributed by atoms with van der Waals surface area (Å²) in [7, 11) is 1.54. The van der Waals surface area contributed by atoms with E-state index in [1.165, 1.54) is 4.90 Å². The molecule has 1 aromatic carbocycles. The highest BCUT2D eigenvalue weighted by Crippen LogP contribution is 2.40. The Morgan fingerprint density at radius 1 is 1.05 bits per heavy atom. The number of imide groups is 1. The van der Waals surface area contributed by atoms with E-state index in [1.54, 1.807) is 25.3 Å². The van der Waals surface area contributed by atoms with Crippen molar-refractivity contribution >= 4 is 17.5 Å². The predicted octanol–water partition coefficient (Wildman–Crippen LogP) is 2.15. The summed E-state index contributed by atoms with van der Waals surface area (Å²) in [6, 6.07) is 7.14. The molecule has 1 aromatic rings. The monoisotopic (exact) mass is 257 g/mol. The van der Waals surface area contributed by atoms with E-state index < -0.39 is 0 Å². The first-order valence-corrected chi connectivity index (χ1v) is 6.40. The molecule has 0 spiro atoms. The van der Waals surface area contributed by atoms with Crippen LogP contribution in [0.1, 0.15) is 12.8 Å². The molecule has 0 bridgehead atoms. The molecule has 1 aliphatic carbocycles. The molecule has 0 saturated carbocycles. The summed E-state index contributed by atoms with van der Waals surface area (Å²) >= 11 is 0. The van der Waals surface area contributed by atoms with Gasteiger partial charge >= 0.3 is 0 Å². The van der Waals surface area contributed by atoms with Crippen molar-refractivity contribution in [3.05, 3.63) is 36.4 Å². The van der Waals surface area contributed by atoms with E-state index in [4.69, 9.17) is 4.74 Å². The fourth-order valence-corrected chi connectivity index (χ4v) is 2.85. The summed E-state index contributed by atoms with van der Waals surface area (Å²) in [6.07, 6.45) is 5.28. The van der Waals surface area contributed by atoms with Gasteiger partial charge in [-0.05, 0) is 25.0 Å². The minimum atomic E-state index is -0.206. The lowest BCUT2D eigenvalue weighted by Gasteiger charge is -2.17. The second-order valence-electron chi connectivity index (χ2n) is 4.84. The molecular weight excluding hydrogens is 242 g/mol. The molecule has 2 amide bonds. The lowest BCUT2D eigenvalue weighted by molar-refractivity contribution is -0.122. The van der Waals surface area contributed by atoms with Crippen LogP contribution in [0.15, 0.2) is 36.4 Å². The molecule has 2 atom stereocenters. The van der Waals surface area contributed by atoms with Gasteiger partial charge in [0.15, 0.2) is 0 Å². The van der Waals surface area contributed by atoms with E-state index in [1.807, 2.05) is 18.2 Å². The molecule has 0 N–H and O–H groups in total. The van der Waals surface area contributed by atoms with Crippen LogP contribution in [-0.4, -0.2) is 18.9 Å². The third kappa shape index (κ3) is 1.75. The first-order valence-electron chi connectivity index (χ1n) is 6.40. The zero-order valence-electron chi connectivity index (χ0n) is 10.7. The number of methoxy groups -OCH3 is 1. The van der Waals surface area contributed by atoms with E-state index in [9.17, 15) is 9.59 Å². The molecule has 1 fully saturated rings. The van der Waals surface area contributed by atoms with Gasteiger partial charge in [-0.15, -0.1) is 0 Å². The molecule has 0 radical (unpaired) electrons. The summed E-state index contributed by atoms with van der Waals surface area (Å²) in [4.78, 5) is 26.2. The smallest absolute Gasteiger partial charge is 0.238 e. The zero-order valence-corrected chi connectivity index (χ0v) is 10.7. The third-order valence-corrected chi connectivity index (χ3v) is 3.83. The van der Waals surface area contributed by atoms with Crippen molar-refractivity contribution in [1.82, 2.24) is 0 Å². The molecule has 98 valence electrons. The van der Waals surface area contributed by atoms with Gasteiger partial charge in [0.25, 0.3) is 0 Å². The second kappa shape index (κ2) is 4.53. The predicted molar refractivity (Wildman–Crippen MR) is 70.8 cm³/mol. The van der Waals surface area contributed by atoms with Crippen molar-refractivity contribution < 1.29 is 14.3 Å². The van der Waals surface area contributed by atoms with Crippen LogP contribution in [0.3, 0.4) is 0 Å². The maximum Gasteiger partial charge on any atom is 0.238 e. The van der Waals surface area contributed by atoms with Gasteiger partial charge in [0.05, 0.1) is 24.6 Å². The van der Waals surface area contributed by atoms with Gasteiger partial charge in [0.2, 0.25) is 11.8 Å². The summed E-state index contributed by atoms with van der Waals surface area (Å²) < 4.78 is 5.25. The van der Waals surface area contributed by atoms with Gasteiger partial charge in [-0.1, -0.05) is 24.3 Å². The van der Waals surface area contributed by atoms with Gasteiger partial charge in [-0.2, -0.15) is 0 Å². The standard InChI is InChI=1S/C15H15NO3/c1-19-13-9-5-4-8-12(13)16-14(17)10-6-2-3-7-11(10)15(16)18/h2-5,8-11H,6-7H2,1H3. The Kier molecular flexibility index (Phi) is 2.85. The zero-order chi connectivity index (χ0) is 13.4. The largest absolute Gasteiger partial charge is 0.495 e. The average Bonchev–Trinajstić information content (AvgIpc) is 2.71. The number of anilines is 1. The Labute approximate surface area is 111 Å². The molecular formula is C15H15NO3. The van der Waals surface area contributed by atoms with Crippen LogP contribution in [-0.2, 0) is 9.59 Å². The minimum absolute atomic E-state index is 0.108. The van der Waals surface area contributed by atoms with E-state index in [0.717, 1.165) is 0 Å². The first-order chi connectivity index (χ1) is 9.24. The fourth-order valence-electron chi connectivity index (χ4n) is 2.85. The molecule has 2 unspecified atom stereocenters. The highest BCUT2D eigenvalue weighted by atomic mass is 16.5. The summed E-state index contributed by atoms with van der Waals surface area (Å²) in [5, 5.41) is 0. The van der Waals surface area contributed by atoms with E-state index in [-0.39, 0.29) is 23.7 Å².